The predicted octanol–water partition coefficient (Wildman–Crippen LogP) is 2.81. The van der Waals surface area contributed by atoms with Crippen molar-refractivity contribution in [3.05, 3.63) is 29.3 Å². The van der Waals surface area contributed by atoms with Gasteiger partial charge in [0.1, 0.15) is 0 Å². The van der Waals surface area contributed by atoms with Crippen molar-refractivity contribution in [2.45, 2.75) is 24.7 Å². The fraction of sp³-hybridized carbons (Fsp3) is 0.571. The van der Waals surface area contributed by atoms with Crippen LogP contribution in [0, 0.1) is 0 Å². The van der Waals surface area contributed by atoms with E-state index in [-0.39, 0.29) is 0 Å². The van der Waals surface area contributed by atoms with Crippen molar-refractivity contribution in [2.75, 3.05) is 32.1 Å². The summed E-state index contributed by atoms with van der Waals surface area (Å²) in [6.45, 7) is 6.18. The second-order valence-corrected chi connectivity index (χ2v) is 5.74. The molecule has 0 radical (unpaired) electrons. The number of quaternary nitrogens is 1. The zero-order valence-corrected chi connectivity index (χ0v) is 12.6. The number of benzene rings is 1. The molecule has 1 aromatic carbocycles. The maximum absolute atomic E-state index is 5.83. The van der Waals surface area contributed by atoms with Crippen LogP contribution in [-0.4, -0.2) is 32.1 Å². The van der Waals surface area contributed by atoms with Crippen LogP contribution in [0.2, 0.25) is 5.02 Å². The van der Waals surface area contributed by atoms with E-state index in [9.17, 15) is 0 Å². The lowest BCUT2D eigenvalue weighted by Crippen LogP contribution is -2.85. The molecule has 0 unspecified atom stereocenters. The SMILES string of the molecule is CCCC[NH2+]CCOCCSc1ccc(Cl)cc1. The number of nitrogens with two attached hydrogens (primary N) is 1. The van der Waals surface area contributed by atoms with Gasteiger partial charge in [-0.15, -0.1) is 11.8 Å². The van der Waals surface area contributed by atoms with E-state index < -0.39 is 0 Å². The molecule has 1 rings (SSSR count). The van der Waals surface area contributed by atoms with E-state index in [1.54, 1.807) is 0 Å². The molecule has 0 aromatic heterocycles. The number of unbranched alkanes of at least 4 members (excludes halogenated alkanes) is 1. The third-order valence-corrected chi connectivity index (χ3v) is 3.77. The summed E-state index contributed by atoms with van der Waals surface area (Å²) in [6.07, 6.45) is 2.57. The van der Waals surface area contributed by atoms with E-state index in [2.05, 4.69) is 12.2 Å². The van der Waals surface area contributed by atoms with Crippen LogP contribution in [0.4, 0.5) is 0 Å². The highest BCUT2D eigenvalue weighted by Crippen LogP contribution is 2.19. The van der Waals surface area contributed by atoms with Gasteiger partial charge < -0.3 is 10.1 Å². The first-order valence-corrected chi connectivity index (χ1v) is 7.97. The van der Waals surface area contributed by atoms with E-state index in [1.807, 2.05) is 36.0 Å². The normalized spacial score (nSPS) is 10.8. The molecule has 0 heterocycles. The van der Waals surface area contributed by atoms with Crippen molar-refractivity contribution in [2.24, 2.45) is 0 Å². The predicted molar refractivity (Wildman–Crippen MR) is 79.6 cm³/mol. The lowest BCUT2D eigenvalue weighted by molar-refractivity contribution is -0.656. The van der Waals surface area contributed by atoms with Crippen molar-refractivity contribution < 1.29 is 10.1 Å². The third-order valence-electron chi connectivity index (χ3n) is 2.54. The summed E-state index contributed by atoms with van der Waals surface area (Å²) in [5, 5.41) is 3.12. The van der Waals surface area contributed by atoms with E-state index >= 15 is 0 Å². The number of thioether (sulfide) groups is 1. The molecule has 0 saturated heterocycles. The van der Waals surface area contributed by atoms with Crippen molar-refractivity contribution in [1.82, 2.24) is 0 Å². The number of ether oxygens (including phenoxy) is 1. The summed E-state index contributed by atoms with van der Waals surface area (Å²) >= 11 is 7.64. The fourth-order valence-corrected chi connectivity index (χ4v) is 2.40. The van der Waals surface area contributed by atoms with Gasteiger partial charge in [0.2, 0.25) is 0 Å². The largest absolute Gasteiger partial charge is 0.375 e. The summed E-state index contributed by atoms with van der Waals surface area (Å²) < 4.78 is 5.58. The first-order valence-electron chi connectivity index (χ1n) is 6.60. The van der Waals surface area contributed by atoms with Crippen LogP contribution in [0.1, 0.15) is 19.8 Å². The van der Waals surface area contributed by atoms with Gasteiger partial charge in [0.15, 0.2) is 0 Å². The lowest BCUT2D eigenvalue weighted by atomic mass is 10.3. The summed E-state index contributed by atoms with van der Waals surface area (Å²) in [5.74, 6) is 0.997. The standard InChI is InChI=1S/C14H22ClNOS/c1-2-3-8-16-9-10-17-11-12-18-14-6-4-13(15)5-7-14/h4-7,16H,2-3,8-12H2,1H3/p+1. The Kier molecular flexibility index (Phi) is 9.40. The summed E-state index contributed by atoms with van der Waals surface area (Å²) in [6, 6.07) is 7.94. The minimum atomic E-state index is 0.790. The lowest BCUT2D eigenvalue weighted by Gasteiger charge is -2.04. The molecule has 0 bridgehead atoms. The van der Waals surface area contributed by atoms with Crippen LogP contribution in [0.3, 0.4) is 0 Å². The van der Waals surface area contributed by atoms with Gasteiger partial charge in [0.05, 0.1) is 26.3 Å². The summed E-state index contributed by atoms with van der Waals surface area (Å²) in [7, 11) is 0. The van der Waals surface area contributed by atoms with E-state index in [4.69, 9.17) is 16.3 Å². The second kappa shape index (κ2) is 10.7. The smallest absolute Gasteiger partial charge is 0.0993 e. The molecule has 0 aliphatic heterocycles. The number of hydrogen-bond acceptors (Lipinski definition) is 2. The Labute approximate surface area is 119 Å². The zero-order valence-electron chi connectivity index (χ0n) is 11.0. The summed E-state index contributed by atoms with van der Waals surface area (Å²) in [5.41, 5.74) is 0. The molecule has 0 spiro atoms. The average molecular weight is 289 g/mol. The Bertz CT molecular complexity index is 305. The molecule has 0 fully saturated rings. The molecule has 0 amide bonds. The van der Waals surface area contributed by atoms with Gasteiger partial charge in [-0.25, -0.2) is 0 Å². The number of hydrogen-bond donors (Lipinski definition) is 1. The number of halogens is 1. The van der Waals surface area contributed by atoms with Crippen LogP contribution in [-0.2, 0) is 4.74 Å². The molecule has 0 atom stereocenters. The van der Waals surface area contributed by atoms with Gasteiger partial charge in [-0.3, -0.25) is 0 Å². The Morgan fingerprint density at radius 2 is 1.94 bits per heavy atom. The highest BCUT2D eigenvalue weighted by atomic mass is 35.5. The quantitative estimate of drug-likeness (QED) is 0.529. The van der Waals surface area contributed by atoms with Gasteiger partial charge in [-0.2, -0.15) is 0 Å². The molecule has 4 heteroatoms. The van der Waals surface area contributed by atoms with Gasteiger partial charge in [-0.05, 0) is 30.7 Å². The molecular weight excluding hydrogens is 266 g/mol. The highest BCUT2D eigenvalue weighted by Gasteiger charge is 1.95. The maximum atomic E-state index is 5.83. The first-order chi connectivity index (χ1) is 8.83. The molecular formula is C14H23ClNOS+. The first kappa shape index (κ1) is 15.8. The third kappa shape index (κ3) is 7.98. The van der Waals surface area contributed by atoms with Crippen LogP contribution in [0.25, 0.3) is 0 Å². The fourth-order valence-electron chi connectivity index (χ4n) is 1.51. The van der Waals surface area contributed by atoms with Crippen molar-refractivity contribution >= 4 is 23.4 Å². The van der Waals surface area contributed by atoms with Gasteiger partial charge >= 0.3 is 0 Å². The molecule has 0 saturated carbocycles. The monoisotopic (exact) mass is 288 g/mol. The molecule has 0 aliphatic carbocycles. The Hall–Kier alpha value is -0.220. The Morgan fingerprint density at radius 3 is 2.67 bits per heavy atom. The van der Waals surface area contributed by atoms with Gasteiger partial charge in [0, 0.05) is 15.7 Å². The van der Waals surface area contributed by atoms with E-state index in [0.29, 0.717) is 0 Å². The van der Waals surface area contributed by atoms with Crippen LogP contribution in [0.15, 0.2) is 29.2 Å². The summed E-state index contributed by atoms with van der Waals surface area (Å²) in [4.78, 5) is 1.25. The van der Waals surface area contributed by atoms with Crippen LogP contribution >= 0.6 is 23.4 Å². The minimum Gasteiger partial charge on any atom is -0.375 e. The second-order valence-electron chi connectivity index (χ2n) is 4.13. The van der Waals surface area contributed by atoms with Crippen LogP contribution in [0.5, 0.6) is 0 Å². The van der Waals surface area contributed by atoms with Crippen molar-refractivity contribution in [3.8, 4) is 0 Å². The molecule has 1 aromatic rings. The topological polar surface area (TPSA) is 25.8 Å². The minimum absolute atomic E-state index is 0.790. The zero-order chi connectivity index (χ0) is 13.1. The molecule has 0 aliphatic rings. The van der Waals surface area contributed by atoms with E-state index in [1.165, 1.54) is 24.3 Å². The average Bonchev–Trinajstić information content (AvgIpc) is 2.39. The number of rotatable bonds is 10. The molecule has 102 valence electrons. The molecule has 2 nitrogen and oxygen atoms in total. The molecule has 18 heavy (non-hydrogen) atoms. The van der Waals surface area contributed by atoms with Crippen molar-refractivity contribution in [1.29, 1.82) is 0 Å². The maximum Gasteiger partial charge on any atom is 0.0993 e. The Balaban J connectivity index is 1.91. The Morgan fingerprint density at radius 1 is 1.17 bits per heavy atom. The van der Waals surface area contributed by atoms with Gasteiger partial charge in [0.25, 0.3) is 0 Å². The van der Waals surface area contributed by atoms with Gasteiger partial charge in [-0.1, -0.05) is 24.9 Å². The molecule has 2 N–H and O–H groups in total. The van der Waals surface area contributed by atoms with E-state index in [0.717, 1.165) is 30.5 Å². The highest BCUT2D eigenvalue weighted by molar-refractivity contribution is 7.99. The van der Waals surface area contributed by atoms with Crippen LogP contribution < -0.4 is 5.32 Å². The van der Waals surface area contributed by atoms with Crippen molar-refractivity contribution in [3.63, 3.8) is 0 Å².